The Morgan fingerprint density at radius 2 is 2.08 bits per heavy atom. The average Bonchev–Trinajstić information content (AvgIpc) is 3.06. The summed E-state index contributed by atoms with van der Waals surface area (Å²) in [6.07, 6.45) is 4.33. The molecule has 0 unspecified atom stereocenters. The second kappa shape index (κ2) is 11.3. The second-order valence-corrected chi connectivity index (χ2v) is 5.95. The Morgan fingerprint density at radius 1 is 1.33 bits per heavy atom. The van der Waals surface area contributed by atoms with Crippen molar-refractivity contribution in [2.24, 2.45) is 5.73 Å². The van der Waals surface area contributed by atoms with E-state index >= 15 is 0 Å². The van der Waals surface area contributed by atoms with Crippen LogP contribution in [-0.4, -0.2) is 37.8 Å². The van der Waals surface area contributed by atoms with Crippen LogP contribution in [0.1, 0.15) is 38.2 Å². The lowest BCUT2D eigenvalue weighted by Crippen LogP contribution is -2.36. The number of nitrogens with one attached hydrogen (secondary N) is 1. The summed E-state index contributed by atoms with van der Waals surface area (Å²) < 4.78 is 11.2. The molecule has 0 spiro atoms. The van der Waals surface area contributed by atoms with Gasteiger partial charge >= 0.3 is 0 Å². The molecule has 24 heavy (non-hydrogen) atoms. The summed E-state index contributed by atoms with van der Waals surface area (Å²) in [6, 6.07) is 8.06. The molecule has 0 saturated carbocycles. The molecule has 6 heteroatoms. The number of carbonyl (C=O) groups is 1. The SMILES string of the molecule is CCCCOc1ccc(CCNC(=O)[C@@H]2CC[C@H](CN)O2)cc1.Cl. The van der Waals surface area contributed by atoms with Crippen molar-refractivity contribution >= 4 is 18.3 Å². The fourth-order valence-corrected chi connectivity index (χ4v) is 2.60. The molecule has 1 fully saturated rings. The first-order valence-electron chi connectivity index (χ1n) is 8.58. The van der Waals surface area contributed by atoms with Crippen molar-refractivity contribution in [2.45, 2.75) is 51.2 Å². The number of ether oxygens (including phenoxy) is 2. The van der Waals surface area contributed by atoms with Gasteiger partial charge in [-0.2, -0.15) is 0 Å². The van der Waals surface area contributed by atoms with Gasteiger partial charge in [-0.25, -0.2) is 0 Å². The molecule has 2 atom stereocenters. The van der Waals surface area contributed by atoms with Crippen LogP contribution >= 0.6 is 12.4 Å². The van der Waals surface area contributed by atoms with E-state index in [0.29, 0.717) is 13.1 Å². The Hall–Kier alpha value is -1.30. The van der Waals surface area contributed by atoms with E-state index in [9.17, 15) is 4.79 Å². The highest BCUT2D eigenvalue weighted by Gasteiger charge is 2.29. The Morgan fingerprint density at radius 3 is 2.71 bits per heavy atom. The van der Waals surface area contributed by atoms with E-state index in [0.717, 1.165) is 44.5 Å². The Balaban J connectivity index is 0.00000288. The summed E-state index contributed by atoms with van der Waals surface area (Å²) in [5.41, 5.74) is 6.74. The van der Waals surface area contributed by atoms with Crippen LogP contribution < -0.4 is 15.8 Å². The minimum atomic E-state index is -0.335. The van der Waals surface area contributed by atoms with Gasteiger partial charge in [-0.1, -0.05) is 25.5 Å². The predicted octanol–water partition coefficient (Wildman–Crippen LogP) is 2.45. The van der Waals surface area contributed by atoms with Crippen LogP contribution in [0.15, 0.2) is 24.3 Å². The van der Waals surface area contributed by atoms with E-state index in [1.807, 2.05) is 24.3 Å². The molecule has 1 aromatic rings. The molecule has 1 aromatic carbocycles. The largest absolute Gasteiger partial charge is 0.494 e. The molecule has 136 valence electrons. The van der Waals surface area contributed by atoms with E-state index in [2.05, 4.69) is 12.2 Å². The summed E-state index contributed by atoms with van der Waals surface area (Å²) in [5, 5.41) is 2.94. The lowest BCUT2D eigenvalue weighted by molar-refractivity contribution is -0.131. The number of unbranched alkanes of at least 4 members (excludes halogenated alkanes) is 1. The molecule has 2 rings (SSSR count). The van der Waals surface area contributed by atoms with Gasteiger partial charge in [0.2, 0.25) is 5.91 Å². The maximum atomic E-state index is 12.0. The number of carbonyl (C=O) groups excluding carboxylic acids is 1. The van der Waals surface area contributed by atoms with Crippen molar-refractivity contribution < 1.29 is 14.3 Å². The second-order valence-electron chi connectivity index (χ2n) is 5.95. The fraction of sp³-hybridized carbons (Fsp3) is 0.611. The van der Waals surface area contributed by atoms with E-state index in [-0.39, 0.29) is 30.5 Å². The van der Waals surface area contributed by atoms with Gasteiger partial charge < -0.3 is 20.5 Å². The molecule has 3 N–H and O–H groups in total. The van der Waals surface area contributed by atoms with Crippen LogP contribution in [0.5, 0.6) is 5.75 Å². The molecular weight excluding hydrogens is 328 g/mol. The van der Waals surface area contributed by atoms with Gasteiger partial charge in [0.1, 0.15) is 11.9 Å². The van der Waals surface area contributed by atoms with E-state index in [4.69, 9.17) is 15.2 Å². The average molecular weight is 357 g/mol. The lowest BCUT2D eigenvalue weighted by Gasteiger charge is -2.12. The zero-order chi connectivity index (χ0) is 16.5. The molecule has 1 aliphatic rings. The molecule has 0 aliphatic carbocycles. The number of amides is 1. The van der Waals surface area contributed by atoms with Crippen molar-refractivity contribution in [1.82, 2.24) is 5.32 Å². The van der Waals surface area contributed by atoms with E-state index < -0.39 is 0 Å². The van der Waals surface area contributed by atoms with Crippen molar-refractivity contribution in [3.63, 3.8) is 0 Å². The number of halogens is 1. The third kappa shape index (κ3) is 6.67. The number of hydrogen-bond acceptors (Lipinski definition) is 4. The topological polar surface area (TPSA) is 73.6 Å². The fourth-order valence-electron chi connectivity index (χ4n) is 2.60. The lowest BCUT2D eigenvalue weighted by atomic mass is 10.1. The highest BCUT2D eigenvalue weighted by molar-refractivity contribution is 5.85. The molecule has 0 bridgehead atoms. The molecule has 0 aromatic heterocycles. The Kier molecular flexibility index (Phi) is 9.76. The van der Waals surface area contributed by atoms with Gasteiger partial charge in [0.25, 0.3) is 0 Å². The molecule has 1 saturated heterocycles. The first-order chi connectivity index (χ1) is 11.2. The van der Waals surface area contributed by atoms with Gasteiger partial charge in [0.15, 0.2) is 0 Å². The van der Waals surface area contributed by atoms with Crippen LogP contribution in [0, 0.1) is 0 Å². The van der Waals surface area contributed by atoms with E-state index in [1.54, 1.807) is 0 Å². The normalized spacial score (nSPS) is 19.6. The van der Waals surface area contributed by atoms with Crippen LogP contribution in [-0.2, 0) is 16.0 Å². The molecule has 0 radical (unpaired) electrons. The minimum Gasteiger partial charge on any atom is -0.494 e. The summed E-state index contributed by atoms with van der Waals surface area (Å²) >= 11 is 0. The monoisotopic (exact) mass is 356 g/mol. The number of hydrogen-bond donors (Lipinski definition) is 2. The quantitative estimate of drug-likeness (QED) is 0.666. The van der Waals surface area contributed by atoms with Crippen LogP contribution in [0.3, 0.4) is 0 Å². The number of nitrogens with two attached hydrogens (primary N) is 1. The molecule has 5 nitrogen and oxygen atoms in total. The van der Waals surface area contributed by atoms with Crippen molar-refractivity contribution in [3.05, 3.63) is 29.8 Å². The van der Waals surface area contributed by atoms with Crippen molar-refractivity contribution in [3.8, 4) is 5.75 Å². The maximum absolute atomic E-state index is 12.0. The highest BCUT2D eigenvalue weighted by atomic mass is 35.5. The van der Waals surface area contributed by atoms with Gasteiger partial charge in [-0.15, -0.1) is 12.4 Å². The van der Waals surface area contributed by atoms with Crippen LogP contribution in [0.2, 0.25) is 0 Å². The Labute approximate surface area is 150 Å². The van der Waals surface area contributed by atoms with Crippen LogP contribution in [0.25, 0.3) is 0 Å². The molecule has 1 aliphatic heterocycles. The number of rotatable bonds is 9. The summed E-state index contributed by atoms with van der Waals surface area (Å²) in [4.78, 5) is 12.0. The summed E-state index contributed by atoms with van der Waals surface area (Å²) in [6.45, 7) is 4.00. The van der Waals surface area contributed by atoms with Crippen molar-refractivity contribution in [1.29, 1.82) is 0 Å². The van der Waals surface area contributed by atoms with Gasteiger partial charge in [-0.05, 0) is 43.4 Å². The predicted molar refractivity (Wildman–Crippen MR) is 97.8 cm³/mol. The zero-order valence-electron chi connectivity index (χ0n) is 14.3. The zero-order valence-corrected chi connectivity index (χ0v) is 15.1. The molecular formula is C18H29ClN2O3. The van der Waals surface area contributed by atoms with Gasteiger partial charge in [0, 0.05) is 13.1 Å². The highest BCUT2D eigenvalue weighted by Crippen LogP contribution is 2.19. The maximum Gasteiger partial charge on any atom is 0.249 e. The van der Waals surface area contributed by atoms with Crippen molar-refractivity contribution in [2.75, 3.05) is 19.7 Å². The standard InChI is InChI=1S/C18H28N2O3.ClH/c1-2-3-12-22-15-6-4-14(5-7-15)10-11-20-18(21)17-9-8-16(13-19)23-17;/h4-7,16-17H,2-3,8-13,19H2,1H3,(H,20,21);1H/t16-,17+;/m1./s1. The van der Waals surface area contributed by atoms with E-state index in [1.165, 1.54) is 5.56 Å². The summed E-state index contributed by atoms with van der Waals surface area (Å²) in [5.74, 6) is 0.874. The molecule has 1 amide bonds. The smallest absolute Gasteiger partial charge is 0.249 e. The first kappa shape index (κ1) is 20.7. The molecule has 1 heterocycles. The third-order valence-corrected chi connectivity index (χ3v) is 4.07. The Bertz CT molecular complexity index is 482. The first-order valence-corrected chi connectivity index (χ1v) is 8.58. The van der Waals surface area contributed by atoms with Gasteiger partial charge in [-0.3, -0.25) is 4.79 Å². The summed E-state index contributed by atoms with van der Waals surface area (Å²) in [7, 11) is 0. The minimum absolute atomic E-state index is 0. The van der Waals surface area contributed by atoms with Crippen LogP contribution in [0.4, 0.5) is 0 Å². The third-order valence-electron chi connectivity index (χ3n) is 4.07. The van der Waals surface area contributed by atoms with Gasteiger partial charge in [0.05, 0.1) is 12.7 Å². The number of benzene rings is 1.